The molecule has 0 aromatic heterocycles. The Morgan fingerprint density at radius 2 is 1.58 bits per heavy atom. The predicted octanol–water partition coefficient (Wildman–Crippen LogP) is 4.12. The third kappa shape index (κ3) is 8.21. The van der Waals surface area contributed by atoms with E-state index in [1.807, 2.05) is 30.3 Å². The van der Waals surface area contributed by atoms with Crippen LogP contribution in [0.15, 0.2) is 48.5 Å². The van der Waals surface area contributed by atoms with Gasteiger partial charge in [-0.05, 0) is 43.0 Å². The zero-order valence-electron chi connectivity index (χ0n) is 15.8. The Labute approximate surface area is 160 Å². The number of aryl methyl sites for hydroxylation is 2. The molecule has 0 fully saturated rings. The molecule has 2 N–H and O–H groups in total. The van der Waals surface area contributed by atoms with Crippen molar-refractivity contribution in [3.8, 4) is 0 Å². The van der Waals surface area contributed by atoms with Crippen molar-refractivity contribution in [3.05, 3.63) is 70.8 Å². The van der Waals surface area contributed by atoms with Crippen LogP contribution in [0, 0.1) is 20.8 Å². The Morgan fingerprint density at radius 3 is 2.04 bits per heavy atom. The molecule has 26 heavy (non-hydrogen) atoms. The first-order valence-corrected chi connectivity index (χ1v) is 9.61. The van der Waals surface area contributed by atoms with E-state index in [1.165, 1.54) is 35.4 Å². The van der Waals surface area contributed by atoms with Gasteiger partial charge in [0.2, 0.25) is 5.91 Å². The van der Waals surface area contributed by atoms with Crippen molar-refractivity contribution in [1.29, 1.82) is 0 Å². The zero-order chi connectivity index (χ0) is 19.5. The average Bonchev–Trinajstić information content (AvgIpc) is 2.60. The van der Waals surface area contributed by atoms with Crippen LogP contribution in [0.2, 0.25) is 0 Å². The minimum Gasteiger partial charge on any atom is -0.480 e. The number of benzene rings is 2. The molecular weight excluding hydrogens is 346 g/mol. The van der Waals surface area contributed by atoms with Gasteiger partial charge < -0.3 is 10.4 Å². The van der Waals surface area contributed by atoms with Gasteiger partial charge >= 0.3 is 5.97 Å². The van der Waals surface area contributed by atoms with E-state index in [1.54, 1.807) is 0 Å². The maximum absolute atomic E-state index is 10.8. The summed E-state index contributed by atoms with van der Waals surface area (Å²) in [5.41, 5.74) is 5.33. The van der Waals surface area contributed by atoms with E-state index in [4.69, 9.17) is 5.11 Å². The molecule has 1 amide bonds. The number of carboxylic acids is 1. The van der Waals surface area contributed by atoms with Crippen LogP contribution < -0.4 is 5.32 Å². The van der Waals surface area contributed by atoms with E-state index in [0.717, 1.165) is 11.3 Å². The van der Waals surface area contributed by atoms with Gasteiger partial charge in [0.25, 0.3) is 0 Å². The van der Waals surface area contributed by atoms with Crippen molar-refractivity contribution in [2.24, 2.45) is 0 Å². The van der Waals surface area contributed by atoms with Crippen molar-refractivity contribution >= 4 is 23.6 Å². The lowest BCUT2D eigenvalue weighted by atomic mass is 10.1. The molecule has 0 spiro atoms. The molecule has 1 unspecified atom stereocenters. The summed E-state index contributed by atoms with van der Waals surface area (Å²) in [5.74, 6) is -0.216. The highest BCUT2D eigenvalue weighted by Crippen LogP contribution is 2.13. The van der Waals surface area contributed by atoms with Crippen molar-refractivity contribution in [1.82, 2.24) is 5.32 Å². The molecule has 0 saturated heterocycles. The summed E-state index contributed by atoms with van der Waals surface area (Å²) in [6.45, 7) is 7.76. The number of amides is 1. The standard InChI is InChI=1S/C12H15NO3S.C9H12/c1-9(14)13-11(12(15)16)8-17-7-10-5-3-2-4-6-10;1-7-5-4-6-8(2)9(7)3/h2-6,11H,7-8H2,1H3,(H,13,14)(H,15,16);4-6H,1-3H3. The molecule has 140 valence electrons. The molecule has 1 atom stereocenters. The number of carbonyl (C=O) groups excluding carboxylic acids is 1. The van der Waals surface area contributed by atoms with Crippen molar-refractivity contribution in [2.45, 2.75) is 39.5 Å². The highest BCUT2D eigenvalue weighted by molar-refractivity contribution is 7.98. The molecule has 2 aromatic rings. The van der Waals surface area contributed by atoms with Crippen molar-refractivity contribution in [3.63, 3.8) is 0 Å². The van der Waals surface area contributed by atoms with E-state index in [0.29, 0.717) is 5.75 Å². The lowest BCUT2D eigenvalue weighted by Gasteiger charge is -2.12. The summed E-state index contributed by atoms with van der Waals surface area (Å²) in [5, 5.41) is 11.3. The normalized spacial score (nSPS) is 11.1. The van der Waals surface area contributed by atoms with Crippen LogP contribution in [0.4, 0.5) is 0 Å². The fourth-order valence-electron chi connectivity index (χ4n) is 2.19. The van der Waals surface area contributed by atoms with Gasteiger partial charge in [0, 0.05) is 18.4 Å². The quantitative estimate of drug-likeness (QED) is 0.799. The van der Waals surface area contributed by atoms with E-state index in [9.17, 15) is 9.59 Å². The number of hydrogen-bond acceptors (Lipinski definition) is 3. The molecule has 0 aliphatic heterocycles. The average molecular weight is 374 g/mol. The fraction of sp³-hybridized carbons (Fsp3) is 0.333. The topological polar surface area (TPSA) is 66.4 Å². The Hall–Kier alpha value is -2.27. The second-order valence-electron chi connectivity index (χ2n) is 6.11. The second-order valence-corrected chi connectivity index (χ2v) is 7.14. The number of thioether (sulfide) groups is 1. The van der Waals surface area contributed by atoms with E-state index in [2.05, 4.69) is 44.3 Å². The van der Waals surface area contributed by atoms with Crippen LogP contribution in [0.1, 0.15) is 29.2 Å². The summed E-state index contributed by atoms with van der Waals surface area (Å²) in [6, 6.07) is 15.4. The molecule has 0 saturated carbocycles. The minimum atomic E-state index is -0.999. The Bertz CT molecular complexity index is 696. The van der Waals surface area contributed by atoms with Crippen molar-refractivity contribution < 1.29 is 14.7 Å². The molecule has 0 bridgehead atoms. The molecule has 5 heteroatoms. The number of aliphatic carboxylic acids is 1. The van der Waals surface area contributed by atoms with Gasteiger partial charge in [-0.2, -0.15) is 11.8 Å². The predicted molar refractivity (Wildman–Crippen MR) is 108 cm³/mol. The maximum Gasteiger partial charge on any atom is 0.327 e. The van der Waals surface area contributed by atoms with Gasteiger partial charge in [0.05, 0.1) is 0 Å². The first-order valence-electron chi connectivity index (χ1n) is 8.45. The summed E-state index contributed by atoms with van der Waals surface area (Å²) in [7, 11) is 0. The van der Waals surface area contributed by atoms with Gasteiger partial charge in [0.15, 0.2) is 0 Å². The first kappa shape index (κ1) is 21.8. The molecule has 0 radical (unpaired) electrons. The third-order valence-electron chi connectivity index (χ3n) is 3.95. The van der Waals surface area contributed by atoms with Gasteiger partial charge in [-0.1, -0.05) is 48.5 Å². The Kier molecular flexibility index (Phi) is 9.52. The van der Waals surface area contributed by atoms with Crippen LogP contribution in [-0.2, 0) is 15.3 Å². The van der Waals surface area contributed by atoms with Gasteiger partial charge in [-0.15, -0.1) is 0 Å². The van der Waals surface area contributed by atoms with Crippen LogP contribution in [-0.4, -0.2) is 28.8 Å². The van der Waals surface area contributed by atoms with Crippen molar-refractivity contribution in [2.75, 3.05) is 5.75 Å². The zero-order valence-corrected chi connectivity index (χ0v) is 16.6. The Balaban J connectivity index is 0.000000314. The van der Waals surface area contributed by atoms with Crippen LogP contribution in [0.5, 0.6) is 0 Å². The van der Waals surface area contributed by atoms with E-state index in [-0.39, 0.29) is 5.91 Å². The lowest BCUT2D eigenvalue weighted by molar-refractivity contribution is -0.140. The molecule has 4 nitrogen and oxygen atoms in total. The van der Waals surface area contributed by atoms with Crippen LogP contribution >= 0.6 is 11.8 Å². The van der Waals surface area contributed by atoms with Crippen LogP contribution in [0.3, 0.4) is 0 Å². The molecule has 2 rings (SSSR count). The van der Waals surface area contributed by atoms with Gasteiger partial charge in [-0.25, -0.2) is 4.79 Å². The van der Waals surface area contributed by atoms with Crippen LogP contribution in [0.25, 0.3) is 0 Å². The number of hydrogen-bond donors (Lipinski definition) is 2. The van der Waals surface area contributed by atoms with Gasteiger partial charge in [0.1, 0.15) is 6.04 Å². The number of carboxylic acid groups (broad SMARTS) is 1. The highest BCUT2D eigenvalue weighted by Gasteiger charge is 2.17. The molecule has 0 heterocycles. The SMILES string of the molecule is CC(=O)NC(CSCc1ccccc1)C(=O)O.Cc1cccc(C)c1C. The Morgan fingerprint density at radius 1 is 1.00 bits per heavy atom. The molecule has 0 aliphatic carbocycles. The van der Waals surface area contributed by atoms with Gasteiger partial charge in [-0.3, -0.25) is 4.79 Å². The summed E-state index contributed by atoms with van der Waals surface area (Å²) >= 11 is 1.49. The fourth-order valence-corrected chi connectivity index (χ4v) is 3.19. The number of carbonyl (C=O) groups is 2. The summed E-state index contributed by atoms with van der Waals surface area (Å²) < 4.78 is 0. The highest BCUT2D eigenvalue weighted by atomic mass is 32.2. The second kappa shape index (κ2) is 11.4. The molecule has 0 aliphatic rings. The molecular formula is C21H27NO3S. The lowest BCUT2D eigenvalue weighted by Crippen LogP contribution is -2.41. The van der Waals surface area contributed by atoms with E-state index >= 15 is 0 Å². The maximum atomic E-state index is 10.8. The number of rotatable bonds is 6. The first-order chi connectivity index (χ1) is 12.3. The smallest absolute Gasteiger partial charge is 0.327 e. The minimum absolute atomic E-state index is 0.322. The van der Waals surface area contributed by atoms with E-state index < -0.39 is 12.0 Å². The third-order valence-corrected chi connectivity index (χ3v) is 5.05. The number of nitrogens with one attached hydrogen (secondary N) is 1. The molecule has 2 aromatic carbocycles. The summed E-state index contributed by atoms with van der Waals surface area (Å²) in [6.07, 6.45) is 0. The monoisotopic (exact) mass is 373 g/mol. The summed E-state index contributed by atoms with van der Waals surface area (Å²) in [4.78, 5) is 21.7. The largest absolute Gasteiger partial charge is 0.480 e.